The minimum Gasteiger partial charge on any atom is -0.508 e. The molecule has 0 aromatic heterocycles. The van der Waals surface area contributed by atoms with Gasteiger partial charge in [-0.05, 0) is 24.5 Å². The van der Waals surface area contributed by atoms with Gasteiger partial charge in [-0.25, -0.2) is 0 Å². The number of phenolic OH excluding ortho intramolecular Hbond substituents is 1. The second kappa shape index (κ2) is 7.25. The van der Waals surface area contributed by atoms with Gasteiger partial charge in [0, 0.05) is 24.8 Å². The van der Waals surface area contributed by atoms with Crippen molar-refractivity contribution in [2.75, 3.05) is 6.61 Å². The highest BCUT2D eigenvalue weighted by Crippen LogP contribution is 2.44. The van der Waals surface area contributed by atoms with Gasteiger partial charge in [-0.2, -0.15) is 0 Å². The molecule has 0 bridgehead atoms. The molecular weight excluding hydrogens is 340 g/mol. The number of aromatic hydroxyl groups is 1. The maximum atomic E-state index is 12.1. The normalized spacial score (nSPS) is 37.2. The van der Waals surface area contributed by atoms with Crippen LogP contribution in [-0.2, 0) is 20.7 Å². The summed E-state index contributed by atoms with van der Waals surface area (Å²) in [6, 6.07) is 4.89. The molecule has 0 amide bonds. The van der Waals surface area contributed by atoms with Crippen LogP contribution in [0.15, 0.2) is 18.2 Å². The third-order valence-electron chi connectivity index (χ3n) is 5.47. The highest BCUT2D eigenvalue weighted by molar-refractivity contribution is 5.88. The first kappa shape index (κ1) is 19.3. The van der Waals surface area contributed by atoms with Crippen molar-refractivity contribution in [1.82, 2.24) is 0 Å². The Kier molecular flexibility index (Phi) is 5.37. The van der Waals surface area contributed by atoms with Crippen LogP contribution in [0.25, 0.3) is 0 Å². The zero-order valence-electron chi connectivity index (χ0n) is 15.0. The van der Waals surface area contributed by atoms with E-state index in [1.165, 1.54) is 6.07 Å². The number of ether oxygens (including phenoxy) is 2. The molecule has 1 aliphatic heterocycles. The van der Waals surface area contributed by atoms with Crippen molar-refractivity contribution in [1.29, 1.82) is 0 Å². The summed E-state index contributed by atoms with van der Waals surface area (Å²) in [4.78, 5) is 12.1. The molecule has 7 nitrogen and oxygen atoms in total. The van der Waals surface area contributed by atoms with Gasteiger partial charge >= 0.3 is 0 Å². The number of phenols is 1. The number of hydrogen-bond donors (Lipinski definition) is 4. The highest BCUT2D eigenvalue weighted by Gasteiger charge is 2.45. The van der Waals surface area contributed by atoms with Crippen LogP contribution in [0.4, 0.5) is 0 Å². The molecule has 1 aliphatic carbocycles. The Labute approximate surface area is 152 Å². The molecule has 1 fully saturated rings. The maximum absolute atomic E-state index is 12.1. The number of benzene rings is 1. The first-order valence-electron chi connectivity index (χ1n) is 8.91. The molecule has 1 aromatic carbocycles. The first-order valence-corrected chi connectivity index (χ1v) is 8.91. The van der Waals surface area contributed by atoms with Crippen LogP contribution in [0.2, 0.25) is 0 Å². The van der Waals surface area contributed by atoms with Gasteiger partial charge in [0.05, 0.1) is 18.3 Å². The summed E-state index contributed by atoms with van der Waals surface area (Å²) in [7, 11) is 0. The summed E-state index contributed by atoms with van der Waals surface area (Å²) >= 11 is 0. The van der Waals surface area contributed by atoms with Crippen LogP contribution in [0, 0.1) is 5.92 Å². The predicted molar refractivity (Wildman–Crippen MR) is 91.4 cm³/mol. The zero-order chi connectivity index (χ0) is 19.1. The van der Waals surface area contributed by atoms with Crippen LogP contribution in [0.5, 0.6) is 5.75 Å². The van der Waals surface area contributed by atoms with Crippen molar-refractivity contribution in [3.8, 4) is 5.75 Å². The number of aliphatic hydroxyl groups excluding tert-OH is 2. The standard InChI is InChI=1S/C19H26O7/c1-10-6-16(25-11(2)18(10)23)26-14-8-19(24,15(22)9-20)7-12-4-3-5-13(21)17(12)14/h3-5,10-11,14,16,18,20-21,23-24H,6-9H2,1-2H3. The van der Waals surface area contributed by atoms with E-state index in [0.717, 1.165) is 0 Å². The number of fused-ring (bicyclic) bond motifs is 1. The summed E-state index contributed by atoms with van der Waals surface area (Å²) < 4.78 is 11.7. The van der Waals surface area contributed by atoms with Gasteiger partial charge in [0.25, 0.3) is 0 Å². The van der Waals surface area contributed by atoms with Crippen molar-refractivity contribution < 1.29 is 34.7 Å². The Morgan fingerprint density at radius 1 is 1.38 bits per heavy atom. The summed E-state index contributed by atoms with van der Waals surface area (Å²) in [5, 5.41) is 40.3. The quantitative estimate of drug-likeness (QED) is 0.623. The molecule has 3 rings (SSSR count). The summed E-state index contributed by atoms with van der Waals surface area (Å²) in [5.74, 6) is -0.682. The molecule has 1 aromatic rings. The van der Waals surface area contributed by atoms with E-state index < -0.39 is 42.6 Å². The predicted octanol–water partition coefficient (Wildman–Crippen LogP) is 0.820. The lowest BCUT2D eigenvalue weighted by atomic mass is 9.76. The van der Waals surface area contributed by atoms with Crippen LogP contribution in [0.1, 0.15) is 43.9 Å². The van der Waals surface area contributed by atoms with Gasteiger partial charge in [0.2, 0.25) is 0 Å². The topological polar surface area (TPSA) is 116 Å². The molecule has 0 radical (unpaired) electrons. The number of ketones is 1. The van der Waals surface area contributed by atoms with Gasteiger partial charge in [-0.1, -0.05) is 19.1 Å². The zero-order valence-corrected chi connectivity index (χ0v) is 15.0. The smallest absolute Gasteiger partial charge is 0.190 e. The van der Waals surface area contributed by atoms with E-state index in [9.17, 15) is 25.2 Å². The van der Waals surface area contributed by atoms with E-state index in [1.54, 1.807) is 19.1 Å². The van der Waals surface area contributed by atoms with Gasteiger partial charge in [0.1, 0.15) is 18.0 Å². The number of aliphatic hydroxyl groups is 3. The summed E-state index contributed by atoms with van der Waals surface area (Å²) in [6.07, 6.45) is -2.01. The number of Topliss-reactive ketones (excluding diaryl/α,β-unsaturated/α-hetero) is 1. The van der Waals surface area contributed by atoms with Crippen molar-refractivity contribution in [2.45, 2.75) is 63.3 Å². The minimum atomic E-state index is -1.76. The molecule has 144 valence electrons. The molecular formula is C19H26O7. The van der Waals surface area contributed by atoms with Crippen molar-refractivity contribution >= 4 is 5.78 Å². The number of rotatable bonds is 4. The highest BCUT2D eigenvalue weighted by atomic mass is 16.7. The van der Waals surface area contributed by atoms with E-state index in [2.05, 4.69) is 0 Å². The number of carbonyl (C=O) groups excluding carboxylic acids is 1. The van der Waals surface area contributed by atoms with Gasteiger partial charge in [-0.15, -0.1) is 0 Å². The number of carbonyl (C=O) groups is 1. The Morgan fingerprint density at radius 3 is 2.77 bits per heavy atom. The first-order chi connectivity index (χ1) is 12.2. The molecule has 2 aliphatic rings. The van der Waals surface area contributed by atoms with E-state index in [1.807, 2.05) is 6.92 Å². The molecule has 6 atom stereocenters. The lowest BCUT2D eigenvalue weighted by molar-refractivity contribution is -0.255. The number of hydrogen-bond acceptors (Lipinski definition) is 7. The summed E-state index contributed by atoms with van der Waals surface area (Å²) in [5.41, 5.74) is -0.633. The lowest BCUT2D eigenvalue weighted by Crippen LogP contribution is -2.48. The van der Waals surface area contributed by atoms with Gasteiger partial charge in [0.15, 0.2) is 12.1 Å². The van der Waals surface area contributed by atoms with Crippen LogP contribution < -0.4 is 0 Å². The van der Waals surface area contributed by atoms with Crippen LogP contribution in [-0.4, -0.2) is 56.9 Å². The monoisotopic (exact) mass is 366 g/mol. The molecule has 6 unspecified atom stereocenters. The second-order valence-corrected chi connectivity index (χ2v) is 7.44. The molecule has 26 heavy (non-hydrogen) atoms. The van der Waals surface area contributed by atoms with E-state index >= 15 is 0 Å². The van der Waals surface area contributed by atoms with Crippen molar-refractivity contribution in [2.24, 2.45) is 5.92 Å². The van der Waals surface area contributed by atoms with E-state index in [0.29, 0.717) is 17.5 Å². The second-order valence-electron chi connectivity index (χ2n) is 7.44. The molecule has 1 saturated heterocycles. The van der Waals surface area contributed by atoms with Crippen LogP contribution in [0.3, 0.4) is 0 Å². The van der Waals surface area contributed by atoms with E-state index in [-0.39, 0.29) is 24.5 Å². The molecule has 0 saturated carbocycles. The van der Waals surface area contributed by atoms with Gasteiger partial charge in [-0.3, -0.25) is 4.79 Å². The van der Waals surface area contributed by atoms with Crippen molar-refractivity contribution in [3.05, 3.63) is 29.3 Å². The largest absolute Gasteiger partial charge is 0.508 e. The molecule has 0 spiro atoms. The Balaban J connectivity index is 1.89. The average Bonchev–Trinajstić information content (AvgIpc) is 2.58. The molecule has 7 heteroatoms. The SMILES string of the molecule is CC1CC(OC2CC(O)(C(=O)CO)Cc3cccc(O)c32)OC(C)C1O. The fourth-order valence-electron chi connectivity index (χ4n) is 3.95. The Bertz CT molecular complexity index is 664. The Morgan fingerprint density at radius 2 is 2.12 bits per heavy atom. The van der Waals surface area contributed by atoms with Crippen LogP contribution >= 0.6 is 0 Å². The van der Waals surface area contributed by atoms with E-state index in [4.69, 9.17) is 9.47 Å². The van der Waals surface area contributed by atoms with Crippen molar-refractivity contribution in [3.63, 3.8) is 0 Å². The third-order valence-corrected chi connectivity index (χ3v) is 5.47. The molecule has 4 N–H and O–H groups in total. The third kappa shape index (κ3) is 3.50. The fourth-order valence-corrected chi connectivity index (χ4v) is 3.95. The lowest BCUT2D eigenvalue weighted by Gasteiger charge is -2.41. The van der Waals surface area contributed by atoms with Gasteiger partial charge < -0.3 is 29.9 Å². The summed E-state index contributed by atoms with van der Waals surface area (Å²) in [6.45, 7) is 2.89. The average molecular weight is 366 g/mol. The fraction of sp³-hybridized carbons (Fsp3) is 0.632. The molecule has 1 heterocycles. The maximum Gasteiger partial charge on any atom is 0.190 e. The minimum absolute atomic E-state index is 0.00697. The Hall–Kier alpha value is -1.51.